The summed E-state index contributed by atoms with van der Waals surface area (Å²) in [6, 6.07) is 8.02. The van der Waals surface area contributed by atoms with E-state index in [-0.39, 0.29) is 5.41 Å². The van der Waals surface area contributed by atoms with Crippen LogP contribution in [-0.2, 0) is 5.60 Å². The maximum atomic E-state index is 11.3. The van der Waals surface area contributed by atoms with Crippen molar-refractivity contribution in [2.24, 2.45) is 11.1 Å². The first-order valence-electron chi connectivity index (χ1n) is 7.70. The van der Waals surface area contributed by atoms with Crippen LogP contribution in [0.4, 0.5) is 0 Å². The summed E-state index contributed by atoms with van der Waals surface area (Å²) in [6.07, 6.45) is 8.23. The fourth-order valence-electron chi connectivity index (χ4n) is 3.55. The van der Waals surface area contributed by atoms with Crippen LogP contribution in [0.15, 0.2) is 28.7 Å². The third kappa shape index (κ3) is 3.10. The van der Waals surface area contributed by atoms with Gasteiger partial charge in [0, 0.05) is 16.4 Å². The third-order valence-electron chi connectivity index (χ3n) is 5.14. The number of hydrogen-bond acceptors (Lipinski definition) is 2. The van der Waals surface area contributed by atoms with Gasteiger partial charge < -0.3 is 10.8 Å². The number of rotatable bonds is 3. The van der Waals surface area contributed by atoms with Crippen LogP contribution in [0.2, 0.25) is 0 Å². The van der Waals surface area contributed by atoms with E-state index in [1.54, 1.807) is 0 Å². The lowest BCUT2D eigenvalue weighted by Gasteiger charge is -2.46. The molecular weight excluding hydrogens is 314 g/mol. The van der Waals surface area contributed by atoms with Gasteiger partial charge in [0.05, 0.1) is 5.60 Å². The molecule has 0 aromatic heterocycles. The normalized spacial score (nSPS) is 22.6. The predicted octanol–water partition coefficient (Wildman–Crippen LogP) is 4.35. The monoisotopic (exact) mass is 339 g/mol. The summed E-state index contributed by atoms with van der Waals surface area (Å²) >= 11 is 3.46. The Kier molecular flexibility index (Phi) is 5.27. The van der Waals surface area contributed by atoms with Gasteiger partial charge in [-0.25, -0.2) is 0 Å². The van der Waals surface area contributed by atoms with Crippen molar-refractivity contribution < 1.29 is 5.11 Å². The molecule has 1 unspecified atom stereocenters. The van der Waals surface area contributed by atoms with E-state index in [4.69, 9.17) is 5.73 Å². The molecule has 0 saturated heterocycles. The van der Waals surface area contributed by atoms with E-state index in [2.05, 4.69) is 15.9 Å². The zero-order valence-electron chi connectivity index (χ0n) is 12.4. The van der Waals surface area contributed by atoms with Crippen molar-refractivity contribution in [3.8, 4) is 0 Å². The Morgan fingerprint density at radius 1 is 1.10 bits per heavy atom. The number of hydrogen-bond donors (Lipinski definition) is 2. The van der Waals surface area contributed by atoms with Crippen molar-refractivity contribution in [3.05, 3.63) is 34.3 Å². The van der Waals surface area contributed by atoms with Gasteiger partial charge in [0.2, 0.25) is 0 Å². The highest BCUT2D eigenvalue weighted by Gasteiger charge is 2.46. The van der Waals surface area contributed by atoms with Gasteiger partial charge in [0.15, 0.2) is 0 Å². The Balaban J connectivity index is 2.33. The molecule has 0 amide bonds. The summed E-state index contributed by atoms with van der Waals surface area (Å²) in [4.78, 5) is 0. The second-order valence-corrected chi connectivity index (χ2v) is 7.25. The Morgan fingerprint density at radius 2 is 1.60 bits per heavy atom. The van der Waals surface area contributed by atoms with Gasteiger partial charge in [-0.1, -0.05) is 60.2 Å². The van der Waals surface area contributed by atoms with E-state index in [0.717, 1.165) is 22.9 Å². The van der Waals surface area contributed by atoms with Crippen LogP contribution < -0.4 is 5.73 Å². The number of nitrogens with two attached hydrogens (primary N) is 1. The smallest absolute Gasteiger partial charge is 0.0936 e. The number of aliphatic hydroxyl groups is 1. The highest BCUT2D eigenvalue weighted by molar-refractivity contribution is 9.10. The maximum absolute atomic E-state index is 11.3. The first kappa shape index (κ1) is 16.0. The van der Waals surface area contributed by atoms with Gasteiger partial charge in [-0.15, -0.1) is 0 Å². The minimum absolute atomic E-state index is 0.193. The average Bonchev–Trinajstić information content (AvgIpc) is 2.39. The van der Waals surface area contributed by atoms with Gasteiger partial charge in [-0.2, -0.15) is 0 Å². The lowest BCUT2D eigenvalue weighted by Crippen LogP contribution is -2.49. The standard InChI is InChI=1S/C17H26BrNO/c1-16(20,14-7-9-15(18)10-8-14)17(13-19)11-5-3-2-4-6-12-17/h7-10,20H,2-6,11-13,19H2,1H3. The molecule has 0 bridgehead atoms. The quantitative estimate of drug-likeness (QED) is 0.859. The average molecular weight is 340 g/mol. The van der Waals surface area contributed by atoms with Gasteiger partial charge >= 0.3 is 0 Å². The lowest BCUT2D eigenvalue weighted by atomic mass is 9.63. The Bertz CT molecular complexity index is 419. The summed E-state index contributed by atoms with van der Waals surface area (Å²) in [5.74, 6) is 0. The zero-order valence-corrected chi connectivity index (χ0v) is 14.0. The van der Waals surface area contributed by atoms with E-state index < -0.39 is 5.60 Å². The minimum Gasteiger partial charge on any atom is -0.385 e. The Morgan fingerprint density at radius 3 is 2.10 bits per heavy atom. The molecule has 3 heteroatoms. The van der Waals surface area contributed by atoms with Gasteiger partial charge in [-0.3, -0.25) is 0 Å². The summed E-state index contributed by atoms with van der Waals surface area (Å²) in [7, 11) is 0. The molecule has 2 rings (SSSR count). The molecular formula is C17H26BrNO. The summed E-state index contributed by atoms with van der Waals surface area (Å²) in [6.45, 7) is 2.50. The summed E-state index contributed by atoms with van der Waals surface area (Å²) in [5, 5.41) is 11.3. The first-order chi connectivity index (χ1) is 9.52. The Labute approximate surface area is 130 Å². The van der Waals surface area contributed by atoms with Crippen molar-refractivity contribution >= 4 is 15.9 Å². The van der Waals surface area contributed by atoms with Crippen LogP contribution in [0.3, 0.4) is 0 Å². The van der Waals surface area contributed by atoms with E-state index in [1.165, 1.54) is 32.1 Å². The van der Waals surface area contributed by atoms with E-state index >= 15 is 0 Å². The van der Waals surface area contributed by atoms with Crippen LogP contribution in [0.1, 0.15) is 57.4 Å². The molecule has 1 aliphatic carbocycles. The minimum atomic E-state index is -0.861. The fraction of sp³-hybridized carbons (Fsp3) is 0.647. The van der Waals surface area contributed by atoms with Gasteiger partial charge in [0.25, 0.3) is 0 Å². The second kappa shape index (κ2) is 6.59. The number of halogens is 1. The molecule has 1 atom stereocenters. The van der Waals surface area contributed by atoms with E-state index in [9.17, 15) is 5.11 Å². The molecule has 0 radical (unpaired) electrons. The van der Waals surface area contributed by atoms with Crippen molar-refractivity contribution in [1.29, 1.82) is 0 Å². The predicted molar refractivity (Wildman–Crippen MR) is 87.5 cm³/mol. The molecule has 0 heterocycles. The first-order valence-corrected chi connectivity index (χ1v) is 8.50. The fourth-order valence-corrected chi connectivity index (χ4v) is 3.82. The molecule has 1 saturated carbocycles. The maximum Gasteiger partial charge on any atom is 0.0936 e. The van der Waals surface area contributed by atoms with E-state index in [1.807, 2.05) is 31.2 Å². The SMILES string of the molecule is CC(O)(c1ccc(Br)cc1)C1(CN)CCCCCCC1. The van der Waals surface area contributed by atoms with Crippen LogP contribution >= 0.6 is 15.9 Å². The molecule has 3 N–H and O–H groups in total. The molecule has 1 aromatic rings. The van der Waals surface area contributed by atoms with Crippen molar-refractivity contribution in [1.82, 2.24) is 0 Å². The van der Waals surface area contributed by atoms with Crippen molar-refractivity contribution in [2.75, 3.05) is 6.54 Å². The summed E-state index contributed by atoms with van der Waals surface area (Å²) in [5.41, 5.74) is 6.07. The van der Waals surface area contributed by atoms with Crippen molar-refractivity contribution in [2.45, 2.75) is 57.5 Å². The highest BCUT2D eigenvalue weighted by Crippen LogP contribution is 2.47. The molecule has 2 nitrogen and oxygen atoms in total. The van der Waals surface area contributed by atoms with E-state index in [0.29, 0.717) is 6.54 Å². The third-order valence-corrected chi connectivity index (χ3v) is 5.67. The largest absolute Gasteiger partial charge is 0.385 e. The van der Waals surface area contributed by atoms with Gasteiger partial charge in [0.1, 0.15) is 0 Å². The Hall–Kier alpha value is -0.380. The molecule has 20 heavy (non-hydrogen) atoms. The summed E-state index contributed by atoms with van der Waals surface area (Å²) < 4.78 is 1.04. The number of benzene rings is 1. The highest BCUT2D eigenvalue weighted by atomic mass is 79.9. The van der Waals surface area contributed by atoms with Crippen LogP contribution in [0, 0.1) is 5.41 Å². The molecule has 112 valence electrons. The second-order valence-electron chi connectivity index (χ2n) is 6.33. The lowest BCUT2D eigenvalue weighted by molar-refractivity contribution is -0.0864. The molecule has 1 aromatic carbocycles. The molecule has 1 aliphatic rings. The van der Waals surface area contributed by atoms with Crippen molar-refractivity contribution in [3.63, 3.8) is 0 Å². The van der Waals surface area contributed by atoms with Crippen LogP contribution in [0.25, 0.3) is 0 Å². The van der Waals surface area contributed by atoms with Gasteiger partial charge in [-0.05, 0) is 37.5 Å². The zero-order chi connectivity index (χ0) is 14.6. The topological polar surface area (TPSA) is 46.2 Å². The molecule has 0 aliphatic heterocycles. The van der Waals surface area contributed by atoms with Crippen LogP contribution in [0.5, 0.6) is 0 Å². The molecule has 0 spiro atoms. The molecule has 1 fully saturated rings. The van der Waals surface area contributed by atoms with Crippen LogP contribution in [-0.4, -0.2) is 11.7 Å².